The summed E-state index contributed by atoms with van der Waals surface area (Å²) in [4.78, 5) is 9.78. The lowest BCUT2D eigenvalue weighted by Crippen LogP contribution is -2.13. The van der Waals surface area contributed by atoms with Gasteiger partial charge in [0.2, 0.25) is 6.29 Å². The van der Waals surface area contributed by atoms with E-state index in [4.69, 9.17) is 4.74 Å². The summed E-state index contributed by atoms with van der Waals surface area (Å²) in [6.45, 7) is 3.49. The molecule has 0 aromatic carbocycles. The van der Waals surface area contributed by atoms with Crippen LogP contribution >= 0.6 is 0 Å². The Hall–Kier alpha value is -0.570. The van der Waals surface area contributed by atoms with Gasteiger partial charge in [-0.05, 0) is 6.42 Å². The molecule has 1 atom stereocenters. The summed E-state index contributed by atoms with van der Waals surface area (Å²) in [6, 6.07) is 0. The van der Waals surface area contributed by atoms with Crippen molar-refractivity contribution in [2.45, 2.75) is 38.9 Å². The first-order valence-electron chi connectivity index (χ1n) is 3.90. The van der Waals surface area contributed by atoms with Crippen molar-refractivity contribution >= 4 is 6.47 Å². The smallest absolute Gasteiger partial charge is 0.419 e. The normalized spacial score (nSPS) is 12.5. The van der Waals surface area contributed by atoms with E-state index in [2.05, 4.69) is 11.7 Å². The summed E-state index contributed by atoms with van der Waals surface area (Å²) in [7, 11) is 1.52. The highest BCUT2D eigenvalue weighted by Gasteiger charge is 2.05. The van der Waals surface area contributed by atoms with Crippen molar-refractivity contribution in [2.24, 2.45) is 0 Å². The molecule has 3 heteroatoms. The highest BCUT2D eigenvalue weighted by Crippen LogP contribution is 2.05. The minimum Gasteiger partial charge on any atom is -0.427 e. The standard InChI is InChI=1S/C8H15O3/c1-3-4-5-6-8(10-2)11-7-9/h8H,3-6H2,1-2H3. The molecular weight excluding hydrogens is 144 g/mol. The van der Waals surface area contributed by atoms with E-state index in [9.17, 15) is 4.79 Å². The maximum atomic E-state index is 9.78. The van der Waals surface area contributed by atoms with Crippen LogP contribution in [0.3, 0.4) is 0 Å². The van der Waals surface area contributed by atoms with E-state index in [-0.39, 0.29) is 0 Å². The monoisotopic (exact) mass is 159 g/mol. The molecule has 0 spiro atoms. The van der Waals surface area contributed by atoms with Crippen LogP contribution < -0.4 is 0 Å². The molecular formula is C8H15O3. The van der Waals surface area contributed by atoms with E-state index >= 15 is 0 Å². The summed E-state index contributed by atoms with van der Waals surface area (Å²) >= 11 is 0. The predicted octanol–water partition coefficient (Wildman–Crippen LogP) is 1.62. The van der Waals surface area contributed by atoms with Gasteiger partial charge < -0.3 is 9.47 Å². The molecule has 0 aromatic rings. The molecule has 3 nitrogen and oxygen atoms in total. The SMILES string of the molecule is CCCCCC(OC)O[C]=O. The topological polar surface area (TPSA) is 35.5 Å². The average Bonchev–Trinajstić information content (AvgIpc) is 2.03. The lowest BCUT2D eigenvalue weighted by Gasteiger charge is -2.10. The van der Waals surface area contributed by atoms with Gasteiger partial charge in [0.1, 0.15) is 0 Å². The minimum atomic E-state index is -0.404. The van der Waals surface area contributed by atoms with E-state index in [0.29, 0.717) is 0 Å². The van der Waals surface area contributed by atoms with Gasteiger partial charge in [0.15, 0.2) is 0 Å². The first-order chi connectivity index (χ1) is 5.35. The molecule has 0 N–H and O–H groups in total. The fourth-order valence-corrected chi connectivity index (χ4v) is 0.840. The Labute approximate surface area is 67.7 Å². The summed E-state index contributed by atoms with van der Waals surface area (Å²) in [5, 5.41) is 0. The van der Waals surface area contributed by atoms with Crippen LogP contribution in [-0.2, 0) is 14.3 Å². The third kappa shape index (κ3) is 5.85. The molecule has 0 aromatic heterocycles. The Bertz CT molecular complexity index is 93.3. The van der Waals surface area contributed by atoms with Crippen LogP contribution in [0.4, 0.5) is 0 Å². The summed E-state index contributed by atoms with van der Waals surface area (Å²) in [5.74, 6) is 0. The molecule has 0 aliphatic rings. The van der Waals surface area contributed by atoms with Crippen molar-refractivity contribution in [3.63, 3.8) is 0 Å². The molecule has 0 amide bonds. The third-order valence-electron chi connectivity index (χ3n) is 1.49. The van der Waals surface area contributed by atoms with Gasteiger partial charge in [-0.3, -0.25) is 0 Å². The zero-order valence-electron chi connectivity index (χ0n) is 7.13. The van der Waals surface area contributed by atoms with Gasteiger partial charge >= 0.3 is 6.47 Å². The quantitative estimate of drug-likeness (QED) is 0.418. The Balaban J connectivity index is 3.27. The average molecular weight is 159 g/mol. The first-order valence-corrected chi connectivity index (χ1v) is 3.90. The molecule has 0 heterocycles. The fraction of sp³-hybridized carbons (Fsp3) is 0.875. The number of rotatable bonds is 7. The van der Waals surface area contributed by atoms with Crippen LogP contribution in [-0.4, -0.2) is 19.9 Å². The van der Waals surface area contributed by atoms with Gasteiger partial charge in [-0.1, -0.05) is 19.8 Å². The Morgan fingerprint density at radius 1 is 1.45 bits per heavy atom. The van der Waals surface area contributed by atoms with Crippen LogP contribution in [0.15, 0.2) is 0 Å². The van der Waals surface area contributed by atoms with E-state index in [0.717, 1.165) is 25.7 Å². The zero-order chi connectivity index (χ0) is 8.53. The number of hydrogen-bond donors (Lipinski definition) is 0. The lowest BCUT2D eigenvalue weighted by atomic mass is 10.2. The number of methoxy groups -OCH3 is 1. The third-order valence-corrected chi connectivity index (χ3v) is 1.49. The Morgan fingerprint density at radius 2 is 2.18 bits per heavy atom. The molecule has 11 heavy (non-hydrogen) atoms. The summed E-state index contributed by atoms with van der Waals surface area (Å²) in [6.07, 6.45) is 3.68. The van der Waals surface area contributed by atoms with Crippen molar-refractivity contribution in [3.8, 4) is 0 Å². The highest BCUT2D eigenvalue weighted by atomic mass is 16.7. The second-order valence-corrected chi connectivity index (χ2v) is 2.36. The maximum absolute atomic E-state index is 9.78. The van der Waals surface area contributed by atoms with Crippen molar-refractivity contribution < 1.29 is 14.3 Å². The van der Waals surface area contributed by atoms with Crippen LogP contribution in [0.25, 0.3) is 0 Å². The van der Waals surface area contributed by atoms with Gasteiger partial charge in [-0.15, -0.1) is 0 Å². The Morgan fingerprint density at radius 3 is 2.64 bits per heavy atom. The van der Waals surface area contributed by atoms with Gasteiger partial charge in [-0.2, -0.15) is 0 Å². The van der Waals surface area contributed by atoms with Crippen LogP contribution in [0, 0.1) is 0 Å². The molecule has 1 radical (unpaired) electrons. The van der Waals surface area contributed by atoms with Gasteiger partial charge in [0.25, 0.3) is 0 Å². The van der Waals surface area contributed by atoms with Gasteiger partial charge in [-0.25, -0.2) is 4.79 Å². The van der Waals surface area contributed by atoms with E-state index in [1.807, 2.05) is 0 Å². The predicted molar refractivity (Wildman–Crippen MR) is 41.7 cm³/mol. The van der Waals surface area contributed by atoms with Crippen molar-refractivity contribution in [3.05, 3.63) is 0 Å². The van der Waals surface area contributed by atoms with E-state index in [1.165, 1.54) is 13.6 Å². The Kier molecular flexibility index (Phi) is 7.15. The molecule has 0 rings (SSSR count). The number of ether oxygens (including phenoxy) is 2. The summed E-state index contributed by atoms with van der Waals surface area (Å²) < 4.78 is 9.36. The first kappa shape index (κ1) is 10.4. The fourth-order valence-electron chi connectivity index (χ4n) is 0.840. The van der Waals surface area contributed by atoms with Gasteiger partial charge in [0.05, 0.1) is 0 Å². The molecule has 1 unspecified atom stereocenters. The highest BCUT2D eigenvalue weighted by molar-refractivity contribution is 5.38. The van der Waals surface area contributed by atoms with Crippen LogP contribution in [0.5, 0.6) is 0 Å². The molecule has 0 aliphatic carbocycles. The van der Waals surface area contributed by atoms with Crippen LogP contribution in [0.2, 0.25) is 0 Å². The van der Waals surface area contributed by atoms with Gasteiger partial charge in [0, 0.05) is 13.5 Å². The molecule has 65 valence electrons. The number of hydrogen-bond acceptors (Lipinski definition) is 3. The number of unbranched alkanes of at least 4 members (excludes halogenated alkanes) is 2. The lowest BCUT2D eigenvalue weighted by molar-refractivity contribution is -0.0693. The van der Waals surface area contributed by atoms with Crippen molar-refractivity contribution in [1.29, 1.82) is 0 Å². The van der Waals surface area contributed by atoms with E-state index < -0.39 is 6.29 Å². The molecule has 0 bridgehead atoms. The maximum Gasteiger partial charge on any atom is 0.419 e. The molecule has 0 aliphatic heterocycles. The van der Waals surface area contributed by atoms with Crippen molar-refractivity contribution in [2.75, 3.05) is 7.11 Å². The number of carbonyl (C=O) groups excluding carboxylic acids is 1. The van der Waals surface area contributed by atoms with E-state index in [1.54, 1.807) is 0 Å². The molecule has 0 saturated heterocycles. The van der Waals surface area contributed by atoms with Crippen molar-refractivity contribution in [1.82, 2.24) is 0 Å². The second-order valence-electron chi connectivity index (χ2n) is 2.36. The zero-order valence-corrected chi connectivity index (χ0v) is 7.13. The molecule has 0 saturated carbocycles. The summed E-state index contributed by atoms with van der Waals surface area (Å²) in [5.41, 5.74) is 0. The second kappa shape index (κ2) is 7.54. The molecule has 0 fully saturated rings. The largest absolute Gasteiger partial charge is 0.427 e. The minimum absolute atomic E-state index is 0.404. The van der Waals surface area contributed by atoms with Crippen LogP contribution in [0.1, 0.15) is 32.6 Å².